The van der Waals surface area contributed by atoms with Crippen LogP contribution in [0.3, 0.4) is 0 Å². The maximum atomic E-state index is 9.56. The Kier molecular flexibility index (Phi) is 6.86. The Labute approximate surface area is 113 Å². The van der Waals surface area contributed by atoms with E-state index in [1.165, 1.54) is 0 Å². The Balaban J connectivity index is 2.47. The van der Waals surface area contributed by atoms with Gasteiger partial charge < -0.3 is 20.6 Å². The highest BCUT2D eigenvalue weighted by Crippen LogP contribution is 2.03. The van der Waals surface area contributed by atoms with Crippen LogP contribution >= 0.6 is 0 Å². The molecule has 0 bridgehead atoms. The summed E-state index contributed by atoms with van der Waals surface area (Å²) in [7, 11) is 0. The summed E-state index contributed by atoms with van der Waals surface area (Å²) in [6.07, 6.45) is 2.30. The summed E-state index contributed by atoms with van der Waals surface area (Å²) in [5.41, 5.74) is 1.42. The molecule has 6 nitrogen and oxygen atoms in total. The quantitative estimate of drug-likeness (QED) is 0.513. The normalized spacial score (nSPS) is 16.1. The number of nitrogens with zero attached hydrogens (tertiary/aromatic N) is 2. The summed E-state index contributed by atoms with van der Waals surface area (Å²) < 4.78 is 0. The smallest absolute Gasteiger partial charge is 0.103 e. The van der Waals surface area contributed by atoms with Crippen molar-refractivity contribution < 1.29 is 15.3 Å². The van der Waals surface area contributed by atoms with E-state index in [0.717, 1.165) is 12.1 Å². The summed E-state index contributed by atoms with van der Waals surface area (Å²) in [5, 5.41) is 30.8. The lowest BCUT2D eigenvalue weighted by Gasteiger charge is -2.15. The van der Waals surface area contributed by atoms with Crippen LogP contribution in [0, 0.1) is 0 Å². The van der Waals surface area contributed by atoms with Crippen molar-refractivity contribution in [3.63, 3.8) is 0 Å². The van der Waals surface area contributed by atoms with E-state index in [-0.39, 0.29) is 6.42 Å². The topological polar surface area (TPSA) is 98.5 Å². The lowest BCUT2D eigenvalue weighted by atomic mass is 10.1. The molecular formula is C13H23N3O3. The van der Waals surface area contributed by atoms with E-state index < -0.39 is 18.8 Å². The number of aliphatic hydroxyl groups is 3. The molecule has 4 N–H and O–H groups in total. The van der Waals surface area contributed by atoms with Crippen molar-refractivity contribution in [2.75, 3.05) is 6.61 Å². The third-order valence-electron chi connectivity index (χ3n) is 3.05. The molecule has 1 heterocycles. The highest BCUT2D eigenvalue weighted by Gasteiger charge is 2.16. The fourth-order valence-electron chi connectivity index (χ4n) is 1.47. The second kappa shape index (κ2) is 8.16. The van der Waals surface area contributed by atoms with E-state index in [4.69, 9.17) is 5.11 Å². The molecule has 0 saturated carbocycles. The van der Waals surface area contributed by atoms with Gasteiger partial charge in [-0.1, -0.05) is 6.92 Å². The van der Waals surface area contributed by atoms with Gasteiger partial charge in [0.25, 0.3) is 0 Å². The minimum Gasteiger partial charge on any atom is -0.394 e. The van der Waals surface area contributed by atoms with Gasteiger partial charge in [-0.05, 0) is 13.3 Å². The SMILES string of the molecule is CC[C@@H](C)NCc1cnc(C[C@H](O)[C@H](O)CO)cn1. The molecule has 0 fully saturated rings. The van der Waals surface area contributed by atoms with Crippen LogP contribution < -0.4 is 5.32 Å². The van der Waals surface area contributed by atoms with Gasteiger partial charge in [0.05, 0.1) is 30.3 Å². The van der Waals surface area contributed by atoms with Crippen LogP contribution in [0.5, 0.6) is 0 Å². The molecule has 0 aromatic carbocycles. The van der Waals surface area contributed by atoms with Crippen LogP contribution in [-0.4, -0.2) is 50.1 Å². The fraction of sp³-hybridized carbons (Fsp3) is 0.692. The number of hydrogen-bond acceptors (Lipinski definition) is 6. The average Bonchev–Trinajstić information content (AvgIpc) is 2.45. The van der Waals surface area contributed by atoms with Crippen molar-refractivity contribution in [1.82, 2.24) is 15.3 Å². The molecule has 1 aromatic rings. The minimum atomic E-state index is -1.14. The first-order valence-corrected chi connectivity index (χ1v) is 6.57. The lowest BCUT2D eigenvalue weighted by Crippen LogP contribution is -2.31. The Hall–Kier alpha value is -1.08. The molecule has 0 aliphatic rings. The molecule has 1 aromatic heterocycles. The lowest BCUT2D eigenvalue weighted by molar-refractivity contribution is -0.0137. The maximum Gasteiger partial charge on any atom is 0.103 e. The van der Waals surface area contributed by atoms with Crippen LogP contribution in [-0.2, 0) is 13.0 Å². The van der Waals surface area contributed by atoms with Crippen LogP contribution in [0.4, 0.5) is 0 Å². The number of rotatable bonds is 8. The summed E-state index contributed by atoms with van der Waals surface area (Å²) in [6, 6.07) is 0.433. The summed E-state index contributed by atoms with van der Waals surface area (Å²) in [6.45, 7) is 4.41. The molecular weight excluding hydrogens is 246 g/mol. The first-order chi connectivity index (χ1) is 9.06. The Morgan fingerprint density at radius 2 is 1.79 bits per heavy atom. The zero-order valence-corrected chi connectivity index (χ0v) is 11.5. The zero-order valence-electron chi connectivity index (χ0n) is 11.5. The van der Waals surface area contributed by atoms with Crippen LogP contribution in [0.2, 0.25) is 0 Å². The highest BCUT2D eigenvalue weighted by atomic mass is 16.4. The highest BCUT2D eigenvalue weighted by molar-refractivity contribution is 5.04. The number of hydrogen-bond donors (Lipinski definition) is 4. The van der Waals surface area contributed by atoms with E-state index in [0.29, 0.717) is 18.3 Å². The van der Waals surface area contributed by atoms with E-state index in [2.05, 4.69) is 29.1 Å². The Bertz CT molecular complexity index is 359. The molecule has 1 rings (SSSR count). The van der Waals surface area contributed by atoms with Crippen LogP contribution in [0.25, 0.3) is 0 Å². The number of aliphatic hydroxyl groups excluding tert-OH is 3. The second-order valence-corrected chi connectivity index (χ2v) is 4.71. The fourth-order valence-corrected chi connectivity index (χ4v) is 1.47. The molecule has 108 valence electrons. The molecule has 0 amide bonds. The average molecular weight is 269 g/mol. The third kappa shape index (κ3) is 5.61. The first kappa shape index (κ1) is 16.0. The van der Waals surface area contributed by atoms with Crippen molar-refractivity contribution in [3.8, 4) is 0 Å². The van der Waals surface area contributed by atoms with E-state index in [9.17, 15) is 10.2 Å². The van der Waals surface area contributed by atoms with Gasteiger partial charge in [0.15, 0.2) is 0 Å². The van der Waals surface area contributed by atoms with E-state index in [1.807, 2.05) is 0 Å². The predicted molar refractivity (Wildman–Crippen MR) is 71.4 cm³/mol. The molecule has 0 radical (unpaired) electrons. The molecule has 0 unspecified atom stereocenters. The molecule has 0 aliphatic carbocycles. The van der Waals surface area contributed by atoms with Gasteiger partial charge in [0.2, 0.25) is 0 Å². The molecule has 0 saturated heterocycles. The Morgan fingerprint density at radius 1 is 1.16 bits per heavy atom. The monoisotopic (exact) mass is 269 g/mol. The second-order valence-electron chi connectivity index (χ2n) is 4.71. The van der Waals surface area contributed by atoms with Crippen LogP contribution in [0.15, 0.2) is 12.4 Å². The van der Waals surface area contributed by atoms with Crippen molar-refractivity contribution in [1.29, 1.82) is 0 Å². The van der Waals surface area contributed by atoms with E-state index >= 15 is 0 Å². The third-order valence-corrected chi connectivity index (χ3v) is 3.05. The van der Waals surface area contributed by atoms with Gasteiger partial charge in [0.1, 0.15) is 6.10 Å². The molecule has 3 atom stereocenters. The van der Waals surface area contributed by atoms with Gasteiger partial charge in [-0.15, -0.1) is 0 Å². The Morgan fingerprint density at radius 3 is 2.32 bits per heavy atom. The van der Waals surface area contributed by atoms with Crippen molar-refractivity contribution in [3.05, 3.63) is 23.8 Å². The largest absolute Gasteiger partial charge is 0.394 e. The van der Waals surface area contributed by atoms with Crippen molar-refractivity contribution >= 4 is 0 Å². The van der Waals surface area contributed by atoms with Crippen molar-refractivity contribution in [2.24, 2.45) is 0 Å². The summed E-state index contributed by atoms with van der Waals surface area (Å²) in [5.74, 6) is 0. The van der Waals surface area contributed by atoms with Gasteiger partial charge >= 0.3 is 0 Å². The van der Waals surface area contributed by atoms with E-state index in [1.54, 1.807) is 12.4 Å². The molecule has 0 spiro atoms. The summed E-state index contributed by atoms with van der Waals surface area (Å²) >= 11 is 0. The summed E-state index contributed by atoms with van der Waals surface area (Å²) in [4.78, 5) is 8.43. The maximum absolute atomic E-state index is 9.56. The first-order valence-electron chi connectivity index (χ1n) is 6.57. The molecule has 19 heavy (non-hydrogen) atoms. The molecule has 6 heteroatoms. The number of aromatic nitrogens is 2. The van der Waals surface area contributed by atoms with Crippen molar-refractivity contribution in [2.45, 2.75) is 51.5 Å². The predicted octanol–water partition coefficient (Wildman–Crippen LogP) is -0.379. The molecule has 0 aliphatic heterocycles. The number of nitrogens with one attached hydrogen (secondary N) is 1. The van der Waals surface area contributed by atoms with Gasteiger partial charge in [0, 0.05) is 25.2 Å². The van der Waals surface area contributed by atoms with Crippen LogP contribution in [0.1, 0.15) is 31.7 Å². The van der Waals surface area contributed by atoms with Gasteiger partial charge in [-0.2, -0.15) is 0 Å². The zero-order chi connectivity index (χ0) is 14.3. The van der Waals surface area contributed by atoms with Gasteiger partial charge in [-0.3, -0.25) is 9.97 Å². The van der Waals surface area contributed by atoms with Gasteiger partial charge in [-0.25, -0.2) is 0 Å². The minimum absolute atomic E-state index is 0.174. The standard InChI is InChI=1S/C13H23N3O3/c1-3-9(2)14-6-11-7-15-10(5-16-11)4-12(18)13(19)8-17/h5,7,9,12-14,17-19H,3-4,6,8H2,1-2H3/t9-,12+,13-/m1/s1.